The maximum absolute atomic E-state index is 12.6. The largest absolute Gasteiger partial charge is 0.480 e. The molecule has 2 heterocycles. The molecule has 0 saturated carbocycles. The Balaban J connectivity index is 1.83. The summed E-state index contributed by atoms with van der Waals surface area (Å²) >= 11 is 0. The molecule has 2 aliphatic rings. The molecule has 0 aliphatic carbocycles. The zero-order valence-corrected chi connectivity index (χ0v) is 16.0. The third kappa shape index (κ3) is 5.92. The number of carbonyl (C=O) groups excluding carboxylic acids is 3. The summed E-state index contributed by atoms with van der Waals surface area (Å²) < 4.78 is 0. The first-order chi connectivity index (χ1) is 12.8. The number of likely N-dealkylation sites (tertiary alicyclic amines) is 1. The fourth-order valence-electron chi connectivity index (χ4n) is 3.62. The lowest BCUT2D eigenvalue weighted by Gasteiger charge is -2.26. The van der Waals surface area contributed by atoms with Gasteiger partial charge in [0.15, 0.2) is 0 Å². The molecule has 2 saturated heterocycles. The van der Waals surface area contributed by atoms with E-state index in [1.807, 2.05) is 13.8 Å². The van der Waals surface area contributed by atoms with Crippen LogP contribution in [0.5, 0.6) is 0 Å². The van der Waals surface area contributed by atoms with Crippen molar-refractivity contribution in [1.29, 1.82) is 0 Å². The Morgan fingerprint density at radius 1 is 1.19 bits per heavy atom. The summed E-state index contributed by atoms with van der Waals surface area (Å²) in [5.41, 5.74) is 0. The van der Waals surface area contributed by atoms with Crippen LogP contribution in [0.1, 0.15) is 46.0 Å². The summed E-state index contributed by atoms with van der Waals surface area (Å²) in [5.74, 6) is -1.96. The van der Waals surface area contributed by atoms with Gasteiger partial charge in [-0.25, -0.2) is 4.79 Å². The summed E-state index contributed by atoms with van der Waals surface area (Å²) in [6, 6.07) is -1.78. The molecule has 3 amide bonds. The summed E-state index contributed by atoms with van der Waals surface area (Å²) in [6.45, 7) is 4.78. The van der Waals surface area contributed by atoms with Gasteiger partial charge in [0.1, 0.15) is 12.1 Å². The second-order valence-corrected chi connectivity index (χ2v) is 7.64. The maximum Gasteiger partial charge on any atom is 0.326 e. The number of amides is 3. The van der Waals surface area contributed by atoms with E-state index < -0.39 is 24.0 Å². The highest BCUT2D eigenvalue weighted by Crippen LogP contribution is 2.20. The Labute approximate surface area is 159 Å². The molecule has 27 heavy (non-hydrogen) atoms. The topological polar surface area (TPSA) is 128 Å². The molecule has 0 radical (unpaired) electrons. The van der Waals surface area contributed by atoms with E-state index >= 15 is 0 Å². The fourth-order valence-corrected chi connectivity index (χ4v) is 3.62. The van der Waals surface area contributed by atoms with E-state index in [-0.39, 0.29) is 30.3 Å². The predicted octanol–water partition coefficient (Wildman–Crippen LogP) is -0.539. The Morgan fingerprint density at radius 3 is 2.52 bits per heavy atom. The van der Waals surface area contributed by atoms with Crippen LogP contribution in [0, 0.1) is 5.92 Å². The van der Waals surface area contributed by atoms with Crippen LogP contribution < -0.4 is 16.0 Å². The van der Waals surface area contributed by atoms with Crippen LogP contribution in [0.2, 0.25) is 0 Å². The van der Waals surface area contributed by atoms with Crippen molar-refractivity contribution in [2.75, 3.05) is 19.6 Å². The van der Waals surface area contributed by atoms with Crippen molar-refractivity contribution in [3.8, 4) is 0 Å². The quantitative estimate of drug-likeness (QED) is 0.446. The van der Waals surface area contributed by atoms with Crippen molar-refractivity contribution in [3.63, 3.8) is 0 Å². The van der Waals surface area contributed by atoms with Gasteiger partial charge in [-0.1, -0.05) is 13.8 Å². The van der Waals surface area contributed by atoms with Gasteiger partial charge in [0.05, 0.1) is 12.6 Å². The van der Waals surface area contributed by atoms with Crippen molar-refractivity contribution in [2.45, 2.75) is 64.1 Å². The number of carboxylic acid groups (broad SMARTS) is 1. The summed E-state index contributed by atoms with van der Waals surface area (Å²) in [4.78, 5) is 49.8. The number of aliphatic carboxylic acids is 1. The van der Waals surface area contributed by atoms with E-state index in [1.54, 1.807) is 4.90 Å². The van der Waals surface area contributed by atoms with Crippen LogP contribution in [0.15, 0.2) is 0 Å². The van der Waals surface area contributed by atoms with E-state index in [0.29, 0.717) is 19.4 Å². The molecular weight excluding hydrogens is 352 g/mol. The first-order valence-corrected chi connectivity index (χ1v) is 9.63. The van der Waals surface area contributed by atoms with Gasteiger partial charge in [-0.05, 0) is 44.6 Å². The smallest absolute Gasteiger partial charge is 0.326 e. The number of carbonyl (C=O) groups is 4. The minimum absolute atomic E-state index is 0.0579. The second kappa shape index (κ2) is 9.68. The average molecular weight is 382 g/mol. The number of nitrogens with one attached hydrogen (secondary N) is 3. The third-order valence-electron chi connectivity index (χ3n) is 4.96. The van der Waals surface area contributed by atoms with Gasteiger partial charge in [-0.2, -0.15) is 0 Å². The van der Waals surface area contributed by atoms with E-state index in [0.717, 1.165) is 25.8 Å². The number of hydrogen-bond donors (Lipinski definition) is 4. The average Bonchev–Trinajstić information content (AvgIpc) is 3.29. The molecule has 0 unspecified atom stereocenters. The Bertz CT molecular complexity index is 574. The van der Waals surface area contributed by atoms with Crippen molar-refractivity contribution in [2.24, 2.45) is 5.92 Å². The molecule has 0 aromatic heterocycles. The lowest BCUT2D eigenvalue weighted by atomic mass is 10.0. The maximum atomic E-state index is 12.6. The van der Waals surface area contributed by atoms with Gasteiger partial charge in [0.25, 0.3) is 0 Å². The first kappa shape index (κ1) is 21.1. The van der Waals surface area contributed by atoms with Crippen LogP contribution >= 0.6 is 0 Å². The molecular formula is C18H30N4O5. The van der Waals surface area contributed by atoms with Crippen molar-refractivity contribution in [3.05, 3.63) is 0 Å². The third-order valence-corrected chi connectivity index (χ3v) is 4.96. The number of hydrogen-bond acceptors (Lipinski definition) is 5. The van der Waals surface area contributed by atoms with Crippen LogP contribution in [-0.2, 0) is 19.2 Å². The molecule has 3 atom stereocenters. The predicted molar refractivity (Wildman–Crippen MR) is 97.8 cm³/mol. The van der Waals surface area contributed by atoms with Crippen molar-refractivity contribution >= 4 is 23.7 Å². The summed E-state index contributed by atoms with van der Waals surface area (Å²) in [7, 11) is 0. The van der Waals surface area contributed by atoms with Gasteiger partial charge >= 0.3 is 5.97 Å². The molecule has 0 spiro atoms. The van der Waals surface area contributed by atoms with Gasteiger partial charge in [-0.3, -0.25) is 14.4 Å². The molecule has 0 aromatic rings. The lowest BCUT2D eigenvalue weighted by molar-refractivity contribution is -0.142. The van der Waals surface area contributed by atoms with E-state index in [2.05, 4.69) is 16.0 Å². The van der Waals surface area contributed by atoms with Crippen LogP contribution in [-0.4, -0.2) is 71.5 Å². The van der Waals surface area contributed by atoms with Crippen molar-refractivity contribution < 1.29 is 24.3 Å². The molecule has 0 aromatic carbocycles. The van der Waals surface area contributed by atoms with Gasteiger partial charge in [-0.15, -0.1) is 0 Å². The Hall–Kier alpha value is -2.16. The number of rotatable bonds is 8. The highest BCUT2D eigenvalue weighted by atomic mass is 16.4. The SMILES string of the molecule is CC(C)C[C@H](NC(=O)CNC(=O)[C@@H]1CCCN1C(=O)[C@@H]1CCCN1)C(=O)O. The van der Waals surface area contributed by atoms with E-state index in [9.17, 15) is 19.2 Å². The van der Waals surface area contributed by atoms with Crippen LogP contribution in [0.3, 0.4) is 0 Å². The molecule has 9 nitrogen and oxygen atoms in total. The normalized spacial score (nSPS) is 23.3. The summed E-state index contributed by atoms with van der Waals surface area (Å²) in [5, 5.41) is 17.3. The highest BCUT2D eigenvalue weighted by molar-refractivity contribution is 5.93. The molecule has 2 fully saturated rings. The van der Waals surface area contributed by atoms with E-state index in [1.165, 1.54) is 0 Å². The minimum atomic E-state index is -1.10. The molecule has 152 valence electrons. The highest BCUT2D eigenvalue weighted by Gasteiger charge is 2.37. The van der Waals surface area contributed by atoms with Gasteiger partial charge in [0, 0.05) is 6.54 Å². The fraction of sp³-hybridized carbons (Fsp3) is 0.778. The number of carboxylic acids is 1. The molecule has 9 heteroatoms. The van der Waals surface area contributed by atoms with Crippen LogP contribution in [0.25, 0.3) is 0 Å². The van der Waals surface area contributed by atoms with Crippen molar-refractivity contribution in [1.82, 2.24) is 20.9 Å². The van der Waals surface area contributed by atoms with Gasteiger partial charge in [0.2, 0.25) is 17.7 Å². The van der Waals surface area contributed by atoms with Crippen LogP contribution in [0.4, 0.5) is 0 Å². The minimum Gasteiger partial charge on any atom is -0.480 e. The monoisotopic (exact) mass is 382 g/mol. The zero-order valence-electron chi connectivity index (χ0n) is 16.0. The molecule has 0 bridgehead atoms. The zero-order chi connectivity index (χ0) is 20.0. The van der Waals surface area contributed by atoms with E-state index in [4.69, 9.17) is 5.11 Å². The number of nitrogens with zero attached hydrogens (tertiary/aromatic N) is 1. The summed E-state index contributed by atoms with van der Waals surface area (Å²) in [6.07, 6.45) is 3.35. The Morgan fingerprint density at radius 2 is 1.93 bits per heavy atom. The lowest BCUT2D eigenvalue weighted by Crippen LogP contribution is -2.53. The first-order valence-electron chi connectivity index (χ1n) is 9.63. The standard InChI is InChI=1S/C18H30N4O5/c1-11(2)9-13(18(26)27)21-15(23)10-20-16(24)14-6-4-8-22(14)17(25)12-5-3-7-19-12/h11-14,19H,3-10H2,1-2H3,(H,20,24)(H,21,23)(H,26,27)/t12-,13-,14-/m0/s1. The van der Waals surface area contributed by atoms with Gasteiger partial charge < -0.3 is 26.0 Å². The Kier molecular flexibility index (Phi) is 7.58. The molecule has 4 N–H and O–H groups in total. The molecule has 2 rings (SSSR count). The molecule has 2 aliphatic heterocycles. The second-order valence-electron chi connectivity index (χ2n) is 7.64.